The van der Waals surface area contributed by atoms with E-state index in [1.165, 1.54) is 0 Å². The molecule has 1 aliphatic heterocycles. The number of rotatable bonds is 4. The van der Waals surface area contributed by atoms with E-state index in [1.807, 2.05) is 54.7 Å². The lowest BCUT2D eigenvalue weighted by atomic mass is 10.1. The van der Waals surface area contributed by atoms with Crippen LogP contribution >= 0.6 is 0 Å². The second kappa shape index (κ2) is 8.29. The van der Waals surface area contributed by atoms with Gasteiger partial charge in [0.25, 0.3) is 0 Å². The summed E-state index contributed by atoms with van der Waals surface area (Å²) in [6.45, 7) is 3.56. The van der Waals surface area contributed by atoms with E-state index in [1.54, 1.807) is 6.20 Å². The van der Waals surface area contributed by atoms with E-state index in [0.717, 1.165) is 54.8 Å². The molecule has 6 heteroatoms. The van der Waals surface area contributed by atoms with Crippen LogP contribution in [-0.2, 0) is 0 Å². The third kappa shape index (κ3) is 3.85. The first kappa shape index (κ1) is 18.2. The maximum absolute atomic E-state index is 4.87. The standard InChI is InChI=1S/C24H22N6/c1-2-8-19(9-3-1)21-18-23(28-24(27-21)20-10-4-6-12-25-20)30-16-14-29(15-17-30)22-11-5-7-13-26-22/h1-13,18H,14-17H2. The van der Waals surface area contributed by atoms with Crippen molar-refractivity contribution in [2.75, 3.05) is 36.0 Å². The van der Waals surface area contributed by atoms with E-state index in [0.29, 0.717) is 5.82 Å². The van der Waals surface area contributed by atoms with E-state index in [-0.39, 0.29) is 0 Å². The molecule has 0 spiro atoms. The maximum Gasteiger partial charge on any atom is 0.180 e. The summed E-state index contributed by atoms with van der Waals surface area (Å²) in [6, 6.07) is 24.2. The Kier molecular flexibility index (Phi) is 5.04. The first-order valence-electron chi connectivity index (χ1n) is 10.1. The lowest BCUT2D eigenvalue weighted by molar-refractivity contribution is 0.641. The Labute approximate surface area is 175 Å². The zero-order chi connectivity index (χ0) is 20.2. The van der Waals surface area contributed by atoms with E-state index in [9.17, 15) is 0 Å². The van der Waals surface area contributed by atoms with Gasteiger partial charge in [-0.2, -0.15) is 0 Å². The van der Waals surface area contributed by atoms with Gasteiger partial charge in [-0.3, -0.25) is 4.98 Å². The van der Waals surface area contributed by atoms with Crippen LogP contribution in [0.4, 0.5) is 11.6 Å². The summed E-state index contributed by atoms with van der Waals surface area (Å²) in [6.07, 6.45) is 3.62. The molecular weight excluding hydrogens is 372 g/mol. The molecule has 30 heavy (non-hydrogen) atoms. The molecule has 0 radical (unpaired) electrons. The normalized spacial score (nSPS) is 14.0. The largest absolute Gasteiger partial charge is 0.353 e. The first-order chi connectivity index (χ1) is 14.9. The van der Waals surface area contributed by atoms with Crippen LogP contribution in [0.15, 0.2) is 85.2 Å². The van der Waals surface area contributed by atoms with Gasteiger partial charge in [-0.25, -0.2) is 15.0 Å². The molecule has 148 valence electrons. The summed E-state index contributed by atoms with van der Waals surface area (Å²) in [5.41, 5.74) is 2.77. The Bertz CT molecular complexity index is 1040. The second-order valence-corrected chi connectivity index (χ2v) is 7.18. The molecule has 1 fully saturated rings. The summed E-state index contributed by atoms with van der Waals surface area (Å²) in [5.74, 6) is 2.61. The van der Waals surface area contributed by atoms with Crippen molar-refractivity contribution in [3.05, 3.63) is 85.2 Å². The van der Waals surface area contributed by atoms with Crippen LogP contribution in [0.2, 0.25) is 0 Å². The monoisotopic (exact) mass is 394 g/mol. The minimum atomic E-state index is 0.652. The molecule has 1 saturated heterocycles. The maximum atomic E-state index is 4.87. The lowest BCUT2D eigenvalue weighted by Crippen LogP contribution is -2.47. The first-order valence-corrected chi connectivity index (χ1v) is 10.1. The summed E-state index contributed by atoms with van der Waals surface area (Å²) in [4.78, 5) is 23.3. The van der Waals surface area contributed by atoms with Gasteiger partial charge in [-0.05, 0) is 24.3 Å². The number of hydrogen-bond acceptors (Lipinski definition) is 6. The molecule has 1 aliphatic rings. The number of piperazine rings is 1. The van der Waals surface area contributed by atoms with Crippen LogP contribution < -0.4 is 9.80 Å². The van der Waals surface area contributed by atoms with Gasteiger partial charge in [-0.1, -0.05) is 42.5 Å². The van der Waals surface area contributed by atoms with Crippen molar-refractivity contribution in [2.45, 2.75) is 0 Å². The van der Waals surface area contributed by atoms with Crippen molar-refractivity contribution in [1.29, 1.82) is 0 Å². The van der Waals surface area contributed by atoms with Gasteiger partial charge in [-0.15, -0.1) is 0 Å². The minimum Gasteiger partial charge on any atom is -0.353 e. The minimum absolute atomic E-state index is 0.652. The molecule has 0 bridgehead atoms. The third-order valence-corrected chi connectivity index (χ3v) is 5.25. The molecule has 0 N–H and O–H groups in total. The molecule has 0 amide bonds. The number of hydrogen-bond donors (Lipinski definition) is 0. The highest BCUT2D eigenvalue weighted by molar-refractivity contribution is 5.67. The van der Waals surface area contributed by atoms with Crippen molar-refractivity contribution >= 4 is 11.6 Å². The van der Waals surface area contributed by atoms with Crippen molar-refractivity contribution in [1.82, 2.24) is 19.9 Å². The average molecular weight is 394 g/mol. The molecule has 5 rings (SSSR count). The molecule has 4 aromatic rings. The predicted molar refractivity (Wildman–Crippen MR) is 119 cm³/mol. The second-order valence-electron chi connectivity index (χ2n) is 7.18. The third-order valence-electron chi connectivity index (χ3n) is 5.25. The number of pyridine rings is 2. The summed E-state index contributed by atoms with van der Waals surface area (Å²) < 4.78 is 0. The Hall–Kier alpha value is -3.80. The smallest absolute Gasteiger partial charge is 0.180 e. The van der Waals surface area contributed by atoms with Gasteiger partial charge in [0.05, 0.1) is 5.69 Å². The number of nitrogens with zero attached hydrogens (tertiary/aromatic N) is 6. The highest BCUT2D eigenvalue weighted by Crippen LogP contribution is 2.26. The Morgan fingerprint density at radius 1 is 0.567 bits per heavy atom. The van der Waals surface area contributed by atoms with Gasteiger partial charge in [0.15, 0.2) is 5.82 Å². The SMILES string of the molecule is c1ccc(-c2cc(N3CCN(c4ccccn4)CC3)nc(-c3ccccn3)n2)cc1. The fourth-order valence-corrected chi connectivity index (χ4v) is 3.67. The van der Waals surface area contributed by atoms with E-state index in [2.05, 4.69) is 44.0 Å². The molecular formula is C24H22N6. The molecule has 0 unspecified atom stereocenters. The highest BCUT2D eigenvalue weighted by Gasteiger charge is 2.21. The molecule has 6 nitrogen and oxygen atoms in total. The van der Waals surface area contributed by atoms with Crippen LogP contribution in [0.1, 0.15) is 0 Å². The molecule has 0 aliphatic carbocycles. The number of anilines is 2. The average Bonchev–Trinajstić information content (AvgIpc) is 2.85. The summed E-state index contributed by atoms with van der Waals surface area (Å²) in [7, 11) is 0. The quantitative estimate of drug-likeness (QED) is 0.523. The number of aromatic nitrogens is 4. The van der Waals surface area contributed by atoms with Crippen molar-refractivity contribution in [3.8, 4) is 22.8 Å². The zero-order valence-electron chi connectivity index (χ0n) is 16.6. The molecule has 4 heterocycles. The summed E-state index contributed by atoms with van der Waals surface area (Å²) >= 11 is 0. The van der Waals surface area contributed by atoms with Gasteiger partial charge < -0.3 is 9.80 Å². The van der Waals surface area contributed by atoms with Crippen LogP contribution in [-0.4, -0.2) is 46.1 Å². The lowest BCUT2D eigenvalue weighted by Gasteiger charge is -2.36. The van der Waals surface area contributed by atoms with Crippen LogP contribution in [0.3, 0.4) is 0 Å². The fraction of sp³-hybridized carbons (Fsp3) is 0.167. The van der Waals surface area contributed by atoms with Crippen LogP contribution in [0.5, 0.6) is 0 Å². The van der Waals surface area contributed by atoms with E-state index >= 15 is 0 Å². The van der Waals surface area contributed by atoms with Crippen LogP contribution in [0, 0.1) is 0 Å². The Balaban J connectivity index is 1.46. The molecule has 3 aromatic heterocycles. The zero-order valence-corrected chi connectivity index (χ0v) is 16.6. The topological polar surface area (TPSA) is 58.0 Å². The molecule has 0 atom stereocenters. The molecule has 1 aromatic carbocycles. The Morgan fingerprint density at radius 2 is 1.23 bits per heavy atom. The van der Waals surface area contributed by atoms with Gasteiger partial charge in [0.2, 0.25) is 0 Å². The van der Waals surface area contributed by atoms with E-state index in [4.69, 9.17) is 9.97 Å². The van der Waals surface area contributed by atoms with Gasteiger partial charge in [0.1, 0.15) is 17.3 Å². The van der Waals surface area contributed by atoms with E-state index < -0.39 is 0 Å². The molecule has 0 saturated carbocycles. The highest BCUT2D eigenvalue weighted by atomic mass is 15.3. The van der Waals surface area contributed by atoms with Crippen molar-refractivity contribution < 1.29 is 0 Å². The van der Waals surface area contributed by atoms with Crippen LogP contribution in [0.25, 0.3) is 22.8 Å². The van der Waals surface area contributed by atoms with Crippen molar-refractivity contribution in [2.24, 2.45) is 0 Å². The summed E-state index contributed by atoms with van der Waals surface area (Å²) in [5, 5.41) is 0. The predicted octanol–water partition coefficient (Wildman–Crippen LogP) is 3.93. The fourth-order valence-electron chi connectivity index (χ4n) is 3.67. The van der Waals surface area contributed by atoms with Gasteiger partial charge >= 0.3 is 0 Å². The van der Waals surface area contributed by atoms with Crippen molar-refractivity contribution in [3.63, 3.8) is 0 Å². The number of benzene rings is 1. The van der Waals surface area contributed by atoms with Gasteiger partial charge in [0, 0.05) is 50.2 Å². The Morgan fingerprint density at radius 3 is 1.90 bits per heavy atom.